The first-order valence-corrected chi connectivity index (χ1v) is 9.88. The molecule has 0 radical (unpaired) electrons. The van der Waals surface area contributed by atoms with E-state index in [0.29, 0.717) is 5.88 Å². The molecule has 0 bridgehead atoms. The van der Waals surface area contributed by atoms with Crippen LogP contribution >= 0.6 is 0 Å². The highest BCUT2D eigenvalue weighted by molar-refractivity contribution is 6.09. The van der Waals surface area contributed by atoms with Gasteiger partial charge in [-0.1, -0.05) is 30.3 Å². The number of rotatable bonds is 5. The standard InChI is InChI=1S/C24H20N4O2/c1-2-28-21-10-6-4-7-17(21)19-13-16(11-12-22(19)28)27-23(29)14-30-24-18-8-3-5-9-20(18)25-15-26-24/h3-13,15H,2,14H2,1H3,(H,27,29). The van der Waals surface area contributed by atoms with E-state index >= 15 is 0 Å². The number of hydrogen-bond donors (Lipinski definition) is 1. The van der Waals surface area contributed by atoms with Crippen LogP contribution in [-0.4, -0.2) is 27.0 Å². The van der Waals surface area contributed by atoms with Crippen LogP contribution < -0.4 is 10.1 Å². The van der Waals surface area contributed by atoms with Gasteiger partial charge >= 0.3 is 0 Å². The van der Waals surface area contributed by atoms with Crippen LogP contribution in [0.25, 0.3) is 32.7 Å². The average Bonchev–Trinajstić information content (AvgIpc) is 3.10. The number of ether oxygens (including phenoxy) is 1. The summed E-state index contributed by atoms with van der Waals surface area (Å²) in [6.07, 6.45) is 1.44. The highest BCUT2D eigenvalue weighted by atomic mass is 16.5. The maximum Gasteiger partial charge on any atom is 0.262 e. The van der Waals surface area contributed by atoms with Crippen LogP contribution in [-0.2, 0) is 11.3 Å². The summed E-state index contributed by atoms with van der Waals surface area (Å²) in [4.78, 5) is 20.9. The summed E-state index contributed by atoms with van der Waals surface area (Å²) in [5, 5.41) is 6.00. The first-order chi connectivity index (χ1) is 14.7. The summed E-state index contributed by atoms with van der Waals surface area (Å²) < 4.78 is 7.94. The lowest BCUT2D eigenvalue weighted by atomic mass is 10.1. The summed E-state index contributed by atoms with van der Waals surface area (Å²) in [5.74, 6) is 0.161. The number of anilines is 1. The highest BCUT2D eigenvalue weighted by Gasteiger charge is 2.12. The number of nitrogens with zero attached hydrogens (tertiary/aromatic N) is 3. The predicted molar refractivity (Wildman–Crippen MR) is 119 cm³/mol. The number of amides is 1. The molecule has 0 aliphatic rings. The Morgan fingerprint density at radius 3 is 2.57 bits per heavy atom. The molecule has 3 aromatic carbocycles. The number of aromatic nitrogens is 3. The molecule has 6 nitrogen and oxygen atoms in total. The van der Waals surface area contributed by atoms with E-state index in [0.717, 1.165) is 34.0 Å². The summed E-state index contributed by atoms with van der Waals surface area (Å²) in [7, 11) is 0. The fourth-order valence-electron chi connectivity index (χ4n) is 3.90. The van der Waals surface area contributed by atoms with Gasteiger partial charge in [-0.2, -0.15) is 0 Å². The van der Waals surface area contributed by atoms with Crippen LogP contribution in [0.1, 0.15) is 6.92 Å². The molecule has 0 aliphatic heterocycles. The van der Waals surface area contributed by atoms with Crippen LogP contribution in [0.15, 0.2) is 73.1 Å². The molecular weight excluding hydrogens is 376 g/mol. The van der Waals surface area contributed by atoms with E-state index in [1.54, 1.807) is 0 Å². The van der Waals surface area contributed by atoms with Crippen molar-refractivity contribution >= 4 is 44.3 Å². The lowest BCUT2D eigenvalue weighted by molar-refractivity contribution is -0.118. The molecule has 1 amide bonds. The number of nitrogens with one attached hydrogen (secondary N) is 1. The summed E-state index contributed by atoms with van der Waals surface area (Å²) in [6, 6.07) is 21.8. The Morgan fingerprint density at radius 2 is 1.70 bits per heavy atom. The van der Waals surface area contributed by atoms with Crippen LogP contribution in [0, 0.1) is 0 Å². The van der Waals surface area contributed by atoms with Crippen molar-refractivity contribution in [2.24, 2.45) is 0 Å². The largest absolute Gasteiger partial charge is 0.467 e. The second-order valence-corrected chi connectivity index (χ2v) is 7.03. The minimum absolute atomic E-state index is 0.129. The molecule has 30 heavy (non-hydrogen) atoms. The van der Waals surface area contributed by atoms with Gasteiger partial charge in [-0.3, -0.25) is 4.79 Å². The lowest BCUT2D eigenvalue weighted by Crippen LogP contribution is -2.20. The Morgan fingerprint density at radius 1 is 0.933 bits per heavy atom. The molecule has 0 spiro atoms. The molecule has 2 aromatic heterocycles. The van der Waals surface area contributed by atoms with Gasteiger partial charge < -0.3 is 14.6 Å². The molecule has 5 aromatic rings. The van der Waals surface area contributed by atoms with Crippen LogP contribution in [0.3, 0.4) is 0 Å². The molecule has 2 heterocycles. The summed E-state index contributed by atoms with van der Waals surface area (Å²) in [5.41, 5.74) is 3.86. The van der Waals surface area contributed by atoms with Gasteiger partial charge in [0.1, 0.15) is 6.33 Å². The molecule has 0 saturated carbocycles. The van der Waals surface area contributed by atoms with Crippen molar-refractivity contribution in [3.05, 3.63) is 73.1 Å². The quantitative estimate of drug-likeness (QED) is 0.464. The third-order valence-corrected chi connectivity index (χ3v) is 5.22. The van der Waals surface area contributed by atoms with Crippen molar-refractivity contribution in [2.75, 3.05) is 11.9 Å². The topological polar surface area (TPSA) is 69.0 Å². The van der Waals surface area contributed by atoms with Crippen molar-refractivity contribution in [1.82, 2.24) is 14.5 Å². The summed E-state index contributed by atoms with van der Waals surface area (Å²) >= 11 is 0. The zero-order valence-corrected chi connectivity index (χ0v) is 16.5. The molecule has 0 unspecified atom stereocenters. The van der Waals surface area contributed by atoms with E-state index in [9.17, 15) is 4.79 Å². The first-order valence-electron chi connectivity index (χ1n) is 9.88. The second-order valence-electron chi connectivity index (χ2n) is 7.03. The molecule has 0 saturated heterocycles. The van der Waals surface area contributed by atoms with Crippen LogP contribution in [0.4, 0.5) is 5.69 Å². The third kappa shape index (κ3) is 3.12. The minimum atomic E-state index is -0.240. The van der Waals surface area contributed by atoms with E-state index in [1.807, 2.05) is 54.6 Å². The van der Waals surface area contributed by atoms with E-state index < -0.39 is 0 Å². The van der Waals surface area contributed by atoms with Gasteiger partial charge in [-0.15, -0.1) is 0 Å². The van der Waals surface area contributed by atoms with Gasteiger partial charge in [0.25, 0.3) is 5.91 Å². The fourth-order valence-corrected chi connectivity index (χ4v) is 3.90. The second kappa shape index (κ2) is 7.48. The Balaban J connectivity index is 1.37. The average molecular weight is 396 g/mol. The Hall–Kier alpha value is -3.93. The van der Waals surface area contributed by atoms with E-state index in [1.165, 1.54) is 17.2 Å². The zero-order valence-electron chi connectivity index (χ0n) is 16.5. The maximum absolute atomic E-state index is 12.5. The molecule has 0 aliphatic carbocycles. The smallest absolute Gasteiger partial charge is 0.262 e. The van der Waals surface area contributed by atoms with Crippen molar-refractivity contribution < 1.29 is 9.53 Å². The first kappa shape index (κ1) is 18.1. The Kier molecular flexibility index (Phi) is 4.52. The molecule has 0 atom stereocenters. The van der Waals surface area contributed by atoms with Gasteiger partial charge in [-0.25, -0.2) is 9.97 Å². The van der Waals surface area contributed by atoms with Crippen molar-refractivity contribution in [1.29, 1.82) is 0 Å². The van der Waals surface area contributed by atoms with Gasteiger partial charge in [-0.05, 0) is 43.3 Å². The van der Waals surface area contributed by atoms with Crippen molar-refractivity contribution in [2.45, 2.75) is 13.5 Å². The van der Waals surface area contributed by atoms with Crippen molar-refractivity contribution in [3.8, 4) is 5.88 Å². The monoisotopic (exact) mass is 396 g/mol. The SMILES string of the molecule is CCn1c2ccccc2c2cc(NC(=O)COc3ncnc4ccccc34)ccc21. The molecule has 5 rings (SSSR count). The van der Waals surface area contributed by atoms with Gasteiger partial charge in [0.05, 0.1) is 10.9 Å². The number of carbonyl (C=O) groups excluding carboxylic acids is 1. The lowest BCUT2D eigenvalue weighted by Gasteiger charge is -2.09. The molecular formula is C24H20N4O2. The van der Waals surface area contributed by atoms with E-state index in [2.05, 4.69) is 38.9 Å². The normalized spacial score (nSPS) is 11.2. The van der Waals surface area contributed by atoms with Crippen LogP contribution in [0.2, 0.25) is 0 Å². The highest BCUT2D eigenvalue weighted by Crippen LogP contribution is 2.31. The van der Waals surface area contributed by atoms with E-state index in [4.69, 9.17) is 4.74 Å². The maximum atomic E-state index is 12.5. The predicted octanol–water partition coefficient (Wildman–Crippen LogP) is 4.78. The van der Waals surface area contributed by atoms with E-state index in [-0.39, 0.29) is 12.5 Å². The zero-order chi connectivity index (χ0) is 20.5. The molecule has 0 fully saturated rings. The van der Waals surface area contributed by atoms with Gasteiger partial charge in [0, 0.05) is 34.0 Å². The Bertz CT molecular complexity index is 1390. The van der Waals surface area contributed by atoms with Gasteiger partial charge in [0.15, 0.2) is 6.61 Å². The minimum Gasteiger partial charge on any atom is -0.467 e. The molecule has 148 valence electrons. The fraction of sp³-hybridized carbons (Fsp3) is 0.125. The third-order valence-electron chi connectivity index (χ3n) is 5.22. The number of fused-ring (bicyclic) bond motifs is 4. The van der Waals surface area contributed by atoms with Gasteiger partial charge in [0.2, 0.25) is 5.88 Å². The number of para-hydroxylation sites is 2. The number of aryl methyl sites for hydroxylation is 1. The Labute approximate surface area is 173 Å². The molecule has 6 heteroatoms. The number of carbonyl (C=O) groups is 1. The molecule has 1 N–H and O–H groups in total. The van der Waals surface area contributed by atoms with Crippen LogP contribution in [0.5, 0.6) is 5.88 Å². The number of benzene rings is 3. The van der Waals surface area contributed by atoms with Crippen molar-refractivity contribution in [3.63, 3.8) is 0 Å². The number of hydrogen-bond acceptors (Lipinski definition) is 4. The summed E-state index contributed by atoms with van der Waals surface area (Å²) in [6.45, 7) is 2.89.